The molecule has 26 heavy (non-hydrogen) atoms. The second-order valence-electron chi connectivity index (χ2n) is 6.57. The molecule has 1 aromatic carbocycles. The molecular formula is C20H35IN4O. The van der Waals surface area contributed by atoms with Gasteiger partial charge in [0, 0.05) is 46.3 Å². The molecule has 0 aliphatic carbocycles. The third-order valence-corrected chi connectivity index (χ3v) is 4.55. The van der Waals surface area contributed by atoms with Crippen LogP contribution in [0.1, 0.15) is 31.4 Å². The fourth-order valence-electron chi connectivity index (χ4n) is 3.00. The summed E-state index contributed by atoms with van der Waals surface area (Å²) in [6.07, 6.45) is 2.18. The number of rotatable bonds is 8. The van der Waals surface area contributed by atoms with Gasteiger partial charge in [-0.3, -0.25) is 9.89 Å². The van der Waals surface area contributed by atoms with E-state index in [4.69, 9.17) is 9.73 Å². The number of hydrogen-bond donors (Lipinski definition) is 1. The van der Waals surface area contributed by atoms with Gasteiger partial charge in [0.05, 0.1) is 13.2 Å². The SMILES string of the molecule is CCNC(=NCCCN1CCOCC1)N(C)Cc1ccc(CC)cc1.I. The van der Waals surface area contributed by atoms with E-state index in [1.165, 1.54) is 11.1 Å². The van der Waals surface area contributed by atoms with E-state index in [0.29, 0.717) is 0 Å². The largest absolute Gasteiger partial charge is 0.379 e. The van der Waals surface area contributed by atoms with Gasteiger partial charge in [-0.2, -0.15) is 0 Å². The number of aliphatic imine (C=N–C) groups is 1. The molecule has 0 saturated carbocycles. The van der Waals surface area contributed by atoms with Crippen molar-refractivity contribution in [2.45, 2.75) is 33.2 Å². The van der Waals surface area contributed by atoms with Crippen LogP contribution in [0.25, 0.3) is 0 Å². The summed E-state index contributed by atoms with van der Waals surface area (Å²) >= 11 is 0. The van der Waals surface area contributed by atoms with Crippen LogP contribution >= 0.6 is 24.0 Å². The van der Waals surface area contributed by atoms with E-state index in [2.05, 4.69) is 60.3 Å². The number of benzene rings is 1. The molecule has 0 bridgehead atoms. The van der Waals surface area contributed by atoms with Crippen LogP contribution in [0.2, 0.25) is 0 Å². The van der Waals surface area contributed by atoms with Gasteiger partial charge in [-0.05, 0) is 30.9 Å². The van der Waals surface area contributed by atoms with Gasteiger partial charge in [0.1, 0.15) is 0 Å². The lowest BCUT2D eigenvalue weighted by atomic mass is 10.1. The topological polar surface area (TPSA) is 40.1 Å². The number of nitrogens with one attached hydrogen (secondary N) is 1. The molecule has 0 aromatic heterocycles. The van der Waals surface area contributed by atoms with Gasteiger partial charge < -0.3 is 15.0 Å². The first-order chi connectivity index (χ1) is 12.2. The fourth-order valence-corrected chi connectivity index (χ4v) is 3.00. The molecule has 2 rings (SSSR count). The minimum absolute atomic E-state index is 0. The summed E-state index contributed by atoms with van der Waals surface area (Å²) in [5.41, 5.74) is 2.70. The van der Waals surface area contributed by atoms with E-state index >= 15 is 0 Å². The van der Waals surface area contributed by atoms with Crippen molar-refractivity contribution in [2.24, 2.45) is 4.99 Å². The Kier molecular flexibility index (Phi) is 11.9. The van der Waals surface area contributed by atoms with Crippen molar-refractivity contribution < 1.29 is 4.74 Å². The van der Waals surface area contributed by atoms with Gasteiger partial charge in [0.2, 0.25) is 0 Å². The molecular weight excluding hydrogens is 439 g/mol. The molecule has 6 heteroatoms. The molecule has 1 heterocycles. The second kappa shape index (κ2) is 13.3. The summed E-state index contributed by atoms with van der Waals surface area (Å²) in [5, 5.41) is 3.41. The van der Waals surface area contributed by atoms with Crippen LogP contribution in [0.5, 0.6) is 0 Å². The zero-order valence-electron chi connectivity index (χ0n) is 16.5. The summed E-state index contributed by atoms with van der Waals surface area (Å²) in [4.78, 5) is 9.47. The highest BCUT2D eigenvalue weighted by atomic mass is 127. The summed E-state index contributed by atoms with van der Waals surface area (Å²) in [7, 11) is 2.11. The summed E-state index contributed by atoms with van der Waals surface area (Å²) < 4.78 is 5.39. The van der Waals surface area contributed by atoms with Gasteiger partial charge in [0.25, 0.3) is 0 Å². The average molecular weight is 474 g/mol. The van der Waals surface area contributed by atoms with Crippen LogP contribution in [-0.4, -0.2) is 68.7 Å². The molecule has 1 aliphatic heterocycles. The van der Waals surface area contributed by atoms with E-state index < -0.39 is 0 Å². The lowest BCUT2D eigenvalue weighted by molar-refractivity contribution is 0.0377. The standard InChI is InChI=1S/C20H34N4O.HI/c1-4-18-7-9-19(10-8-18)17-23(3)20(21-5-2)22-11-6-12-24-13-15-25-16-14-24;/h7-10H,4-6,11-17H2,1-3H3,(H,21,22);1H. The van der Waals surface area contributed by atoms with E-state index in [9.17, 15) is 0 Å². The first-order valence-corrected chi connectivity index (χ1v) is 9.60. The summed E-state index contributed by atoms with van der Waals surface area (Å²) in [6, 6.07) is 8.87. The average Bonchev–Trinajstić information content (AvgIpc) is 2.65. The maximum absolute atomic E-state index is 5.39. The maximum Gasteiger partial charge on any atom is 0.193 e. The first-order valence-electron chi connectivity index (χ1n) is 9.60. The molecule has 148 valence electrons. The van der Waals surface area contributed by atoms with Crippen LogP contribution in [-0.2, 0) is 17.7 Å². The normalized spacial score (nSPS) is 15.4. The van der Waals surface area contributed by atoms with Crippen LogP contribution in [0, 0.1) is 0 Å². The lowest BCUT2D eigenvalue weighted by Gasteiger charge is -2.26. The molecule has 1 aromatic rings. The van der Waals surface area contributed by atoms with Crippen LogP contribution in [0.4, 0.5) is 0 Å². The van der Waals surface area contributed by atoms with Gasteiger partial charge >= 0.3 is 0 Å². The Bertz CT molecular complexity index is 515. The second-order valence-corrected chi connectivity index (χ2v) is 6.57. The van der Waals surface area contributed by atoms with Gasteiger partial charge in [-0.1, -0.05) is 31.2 Å². The third kappa shape index (κ3) is 8.22. The van der Waals surface area contributed by atoms with Crippen molar-refractivity contribution >= 4 is 29.9 Å². The van der Waals surface area contributed by atoms with Crippen molar-refractivity contribution in [2.75, 3.05) is 53.0 Å². The van der Waals surface area contributed by atoms with Crippen molar-refractivity contribution in [1.29, 1.82) is 0 Å². The molecule has 1 N–H and O–H groups in total. The molecule has 0 atom stereocenters. The predicted octanol–water partition coefficient (Wildman–Crippen LogP) is 2.99. The molecule has 0 unspecified atom stereocenters. The number of guanidine groups is 1. The van der Waals surface area contributed by atoms with Gasteiger partial charge in [-0.25, -0.2) is 0 Å². The number of nitrogens with zero attached hydrogens (tertiary/aromatic N) is 3. The van der Waals surface area contributed by atoms with Crippen molar-refractivity contribution in [1.82, 2.24) is 15.1 Å². The minimum Gasteiger partial charge on any atom is -0.379 e. The Morgan fingerprint density at radius 3 is 2.42 bits per heavy atom. The monoisotopic (exact) mass is 474 g/mol. The summed E-state index contributed by atoms with van der Waals surface area (Å²) in [5.74, 6) is 0.990. The molecule has 0 radical (unpaired) electrons. The summed E-state index contributed by atoms with van der Waals surface area (Å²) in [6.45, 7) is 11.9. The van der Waals surface area contributed by atoms with Crippen LogP contribution in [0.3, 0.4) is 0 Å². The molecule has 0 spiro atoms. The Morgan fingerprint density at radius 1 is 1.15 bits per heavy atom. The maximum atomic E-state index is 5.39. The van der Waals surface area contributed by atoms with Crippen molar-refractivity contribution in [3.8, 4) is 0 Å². The number of aryl methyl sites for hydroxylation is 1. The smallest absolute Gasteiger partial charge is 0.193 e. The lowest BCUT2D eigenvalue weighted by Crippen LogP contribution is -2.39. The Hall–Kier alpha value is -0.860. The Balaban J connectivity index is 0.00000338. The van der Waals surface area contributed by atoms with E-state index in [-0.39, 0.29) is 24.0 Å². The molecule has 1 saturated heterocycles. The van der Waals surface area contributed by atoms with E-state index in [1.54, 1.807) is 0 Å². The van der Waals surface area contributed by atoms with Crippen LogP contribution < -0.4 is 5.32 Å². The fraction of sp³-hybridized carbons (Fsp3) is 0.650. The number of morpholine rings is 1. The molecule has 5 nitrogen and oxygen atoms in total. The van der Waals surface area contributed by atoms with Crippen molar-refractivity contribution in [3.63, 3.8) is 0 Å². The Labute approximate surface area is 176 Å². The third-order valence-electron chi connectivity index (χ3n) is 4.55. The van der Waals surface area contributed by atoms with E-state index in [0.717, 1.165) is 71.3 Å². The van der Waals surface area contributed by atoms with Crippen LogP contribution in [0.15, 0.2) is 29.3 Å². The number of halogens is 1. The molecule has 1 aliphatic rings. The van der Waals surface area contributed by atoms with Gasteiger partial charge in [-0.15, -0.1) is 24.0 Å². The highest BCUT2D eigenvalue weighted by Gasteiger charge is 2.10. The zero-order chi connectivity index (χ0) is 17.9. The minimum atomic E-state index is 0. The quantitative estimate of drug-likeness (QED) is 0.272. The predicted molar refractivity (Wildman–Crippen MR) is 121 cm³/mol. The first kappa shape index (κ1) is 23.2. The highest BCUT2D eigenvalue weighted by molar-refractivity contribution is 14.0. The van der Waals surface area contributed by atoms with Crippen molar-refractivity contribution in [3.05, 3.63) is 35.4 Å². The molecule has 0 amide bonds. The van der Waals surface area contributed by atoms with E-state index in [1.807, 2.05) is 0 Å². The number of hydrogen-bond acceptors (Lipinski definition) is 3. The highest BCUT2D eigenvalue weighted by Crippen LogP contribution is 2.07. The molecule has 1 fully saturated rings. The number of ether oxygens (including phenoxy) is 1. The zero-order valence-corrected chi connectivity index (χ0v) is 18.9. The Morgan fingerprint density at radius 2 is 1.81 bits per heavy atom. The van der Waals surface area contributed by atoms with Gasteiger partial charge in [0.15, 0.2) is 5.96 Å².